The van der Waals surface area contributed by atoms with Crippen molar-refractivity contribution in [3.8, 4) is 0 Å². The number of rotatable bonds is 1. The van der Waals surface area contributed by atoms with Crippen LogP contribution in [-0.4, -0.2) is 23.8 Å². The zero-order valence-electron chi connectivity index (χ0n) is 5.63. The van der Waals surface area contributed by atoms with Crippen LogP contribution in [-0.2, 0) is 0 Å². The third-order valence-corrected chi connectivity index (χ3v) is 1.69. The minimum atomic E-state index is -0.0834. The van der Waals surface area contributed by atoms with Crippen LogP contribution in [0.15, 0.2) is 0 Å². The van der Waals surface area contributed by atoms with E-state index >= 15 is 0 Å². The lowest BCUT2D eigenvalue weighted by Crippen LogP contribution is -2.19. The molecule has 0 unspecified atom stereocenters. The van der Waals surface area contributed by atoms with Gasteiger partial charge in [0.05, 0.1) is 6.10 Å². The van der Waals surface area contributed by atoms with E-state index in [0.29, 0.717) is 6.04 Å². The summed E-state index contributed by atoms with van der Waals surface area (Å²) in [5.74, 6) is 0. The van der Waals surface area contributed by atoms with E-state index in [-0.39, 0.29) is 18.5 Å². The van der Waals surface area contributed by atoms with Gasteiger partial charge in [-0.05, 0) is 12.8 Å². The first-order valence-electron chi connectivity index (χ1n) is 3.24. The van der Waals surface area contributed by atoms with Gasteiger partial charge in [-0.1, -0.05) is 6.92 Å². The van der Waals surface area contributed by atoms with Gasteiger partial charge in [0.15, 0.2) is 0 Å². The first-order valence-corrected chi connectivity index (χ1v) is 3.24. The third-order valence-electron chi connectivity index (χ3n) is 1.69. The Morgan fingerprint density at radius 3 is 2.56 bits per heavy atom. The van der Waals surface area contributed by atoms with E-state index in [9.17, 15) is 0 Å². The Balaban J connectivity index is 0.000000640. The van der Waals surface area contributed by atoms with Crippen molar-refractivity contribution in [3.63, 3.8) is 0 Å². The van der Waals surface area contributed by atoms with Crippen LogP contribution < -0.4 is 5.32 Å². The van der Waals surface area contributed by atoms with Crippen LogP contribution in [0, 0.1) is 0 Å². The molecule has 0 bridgehead atoms. The Morgan fingerprint density at radius 1 is 1.67 bits per heavy atom. The lowest BCUT2D eigenvalue weighted by molar-refractivity contribution is 0.193. The third kappa shape index (κ3) is 2.52. The molecule has 1 aliphatic heterocycles. The van der Waals surface area contributed by atoms with Crippen molar-refractivity contribution in [1.82, 2.24) is 5.32 Å². The van der Waals surface area contributed by atoms with Gasteiger partial charge in [0, 0.05) is 12.6 Å². The van der Waals surface area contributed by atoms with Crippen LogP contribution in [0.4, 0.5) is 0 Å². The minimum absolute atomic E-state index is 0. The molecule has 0 spiro atoms. The standard InChI is InChI=1S/C6H13NO.ClH/c1-2-5-3-6(8)4-7-5;/h5-8H,2-4H2,1H3;1H/t5-,6+;/m1./s1. The van der Waals surface area contributed by atoms with Crippen molar-refractivity contribution in [3.05, 3.63) is 0 Å². The second kappa shape index (κ2) is 4.09. The summed E-state index contributed by atoms with van der Waals surface area (Å²) in [6.07, 6.45) is 1.99. The Morgan fingerprint density at radius 2 is 2.33 bits per heavy atom. The number of hydrogen-bond donors (Lipinski definition) is 2. The Hall–Kier alpha value is 0.210. The maximum atomic E-state index is 8.97. The monoisotopic (exact) mass is 151 g/mol. The number of aliphatic hydroxyl groups excluding tert-OH is 1. The molecule has 2 nitrogen and oxygen atoms in total. The second-order valence-corrected chi connectivity index (χ2v) is 2.40. The molecule has 3 heteroatoms. The van der Waals surface area contributed by atoms with E-state index in [2.05, 4.69) is 12.2 Å². The van der Waals surface area contributed by atoms with Crippen LogP contribution >= 0.6 is 12.4 Å². The molecule has 0 amide bonds. The molecule has 2 N–H and O–H groups in total. The smallest absolute Gasteiger partial charge is 0.0679 e. The predicted octanol–water partition coefficient (Wildman–Crippen LogP) is 0.541. The first kappa shape index (κ1) is 9.21. The van der Waals surface area contributed by atoms with Crippen LogP contribution in [0.1, 0.15) is 19.8 Å². The molecule has 1 rings (SSSR count). The van der Waals surface area contributed by atoms with Gasteiger partial charge in [0.2, 0.25) is 0 Å². The Bertz CT molecular complexity index is 79.5. The Labute approximate surface area is 62.1 Å². The fourth-order valence-corrected chi connectivity index (χ4v) is 1.11. The minimum Gasteiger partial charge on any atom is -0.392 e. The summed E-state index contributed by atoms with van der Waals surface area (Å²) in [5.41, 5.74) is 0. The van der Waals surface area contributed by atoms with Crippen LogP contribution in [0.3, 0.4) is 0 Å². The SMILES string of the molecule is CC[C@@H]1C[C@H](O)CN1.Cl. The number of halogens is 1. The van der Waals surface area contributed by atoms with Crippen LogP contribution in [0.25, 0.3) is 0 Å². The molecular weight excluding hydrogens is 138 g/mol. The van der Waals surface area contributed by atoms with E-state index < -0.39 is 0 Å². The van der Waals surface area contributed by atoms with E-state index in [4.69, 9.17) is 5.11 Å². The van der Waals surface area contributed by atoms with Crippen molar-refractivity contribution in [1.29, 1.82) is 0 Å². The molecule has 0 aliphatic carbocycles. The summed E-state index contributed by atoms with van der Waals surface area (Å²) >= 11 is 0. The number of hydrogen-bond acceptors (Lipinski definition) is 2. The summed E-state index contributed by atoms with van der Waals surface area (Å²) in [6.45, 7) is 2.92. The molecule has 2 atom stereocenters. The highest BCUT2D eigenvalue weighted by molar-refractivity contribution is 5.85. The van der Waals surface area contributed by atoms with Gasteiger partial charge < -0.3 is 10.4 Å². The molecular formula is C6H14ClNO. The van der Waals surface area contributed by atoms with E-state index in [0.717, 1.165) is 19.4 Å². The summed E-state index contributed by atoms with van der Waals surface area (Å²) in [7, 11) is 0. The molecule has 0 aromatic carbocycles. The van der Waals surface area contributed by atoms with E-state index in [1.165, 1.54) is 0 Å². The summed E-state index contributed by atoms with van der Waals surface area (Å²) in [6, 6.07) is 0.574. The van der Waals surface area contributed by atoms with Crippen molar-refractivity contribution in [2.75, 3.05) is 6.54 Å². The zero-order valence-corrected chi connectivity index (χ0v) is 6.45. The van der Waals surface area contributed by atoms with Gasteiger partial charge >= 0.3 is 0 Å². The molecule has 0 aromatic rings. The average Bonchev–Trinajstić information content (AvgIpc) is 2.14. The van der Waals surface area contributed by atoms with Crippen molar-refractivity contribution >= 4 is 12.4 Å². The van der Waals surface area contributed by atoms with Crippen molar-refractivity contribution in [2.45, 2.75) is 31.9 Å². The maximum Gasteiger partial charge on any atom is 0.0679 e. The highest BCUT2D eigenvalue weighted by atomic mass is 35.5. The van der Waals surface area contributed by atoms with Crippen molar-refractivity contribution in [2.24, 2.45) is 0 Å². The molecule has 1 saturated heterocycles. The summed E-state index contributed by atoms with van der Waals surface area (Å²) in [4.78, 5) is 0. The maximum absolute atomic E-state index is 8.97. The molecule has 1 aliphatic rings. The van der Waals surface area contributed by atoms with E-state index in [1.807, 2.05) is 0 Å². The van der Waals surface area contributed by atoms with Gasteiger partial charge in [0.1, 0.15) is 0 Å². The lowest BCUT2D eigenvalue weighted by Gasteiger charge is -2.02. The number of β-amino-alcohol motifs (C(OH)–C–C–N with tert-alkyl or cyclic N) is 1. The first-order chi connectivity index (χ1) is 3.83. The predicted molar refractivity (Wildman–Crippen MR) is 40.0 cm³/mol. The molecule has 0 saturated carbocycles. The second-order valence-electron chi connectivity index (χ2n) is 2.40. The average molecular weight is 152 g/mol. The fraction of sp³-hybridized carbons (Fsp3) is 1.00. The summed E-state index contributed by atoms with van der Waals surface area (Å²) in [5, 5.41) is 12.2. The highest BCUT2D eigenvalue weighted by Gasteiger charge is 2.19. The molecule has 1 fully saturated rings. The molecule has 0 radical (unpaired) electrons. The Kier molecular flexibility index (Phi) is 4.19. The van der Waals surface area contributed by atoms with Gasteiger partial charge in [-0.3, -0.25) is 0 Å². The quantitative estimate of drug-likeness (QED) is 0.574. The lowest BCUT2D eigenvalue weighted by atomic mass is 10.2. The van der Waals surface area contributed by atoms with Gasteiger partial charge in [-0.25, -0.2) is 0 Å². The molecule has 0 aromatic heterocycles. The largest absolute Gasteiger partial charge is 0.392 e. The zero-order chi connectivity index (χ0) is 5.98. The van der Waals surface area contributed by atoms with Gasteiger partial charge in [0.25, 0.3) is 0 Å². The van der Waals surface area contributed by atoms with Crippen LogP contribution in [0.5, 0.6) is 0 Å². The normalized spacial score (nSPS) is 34.0. The summed E-state index contributed by atoms with van der Waals surface area (Å²) < 4.78 is 0. The van der Waals surface area contributed by atoms with Gasteiger partial charge in [-0.15, -0.1) is 12.4 Å². The van der Waals surface area contributed by atoms with Crippen molar-refractivity contribution < 1.29 is 5.11 Å². The fourth-order valence-electron chi connectivity index (χ4n) is 1.11. The molecule has 56 valence electrons. The van der Waals surface area contributed by atoms with Crippen LogP contribution in [0.2, 0.25) is 0 Å². The highest BCUT2D eigenvalue weighted by Crippen LogP contribution is 2.07. The molecule has 1 heterocycles. The molecule has 9 heavy (non-hydrogen) atoms. The van der Waals surface area contributed by atoms with Gasteiger partial charge in [-0.2, -0.15) is 0 Å². The topological polar surface area (TPSA) is 32.3 Å². The van der Waals surface area contributed by atoms with E-state index in [1.54, 1.807) is 0 Å². The number of aliphatic hydroxyl groups is 1. The number of nitrogens with one attached hydrogen (secondary N) is 1.